The van der Waals surface area contributed by atoms with Gasteiger partial charge < -0.3 is 14.2 Å². The fourth-order valence-corrected chi connectivity index (χ4v) is 4.00. The molecule has 27 heavy (non-hydrogen) atoms. The number of piperidine rings is 1. The van der Waals surface area contributed by atoms with Crippen molar-refractivity contribution >= 4 is 5.91 Å². The molecule has 0 radical (unpaired) electrons. The number of hydrogen-bond donors (Lipinski definition) is 0. The number of carbonyl (C=O) groups excluding carboxylic acids is 1. The number of rotatable bonds is 5. The summed E-state index contributed by atoms with van der Waals surface area (Å²) in [6.45, 7) is 3.17. The highest BCUT2D eigenvalue weighted by atomic mass is 16.5. The van der Waals surface area contributed by atoms with Gasteiger partial charge >= 0.3 is 0 Å². The van der Waals surface area contributed by atoms with Gasteiger partial charge in [0, 0.05) is 56.6 Å². The summed E-state index contributed by atoms with van der Waals surface area (Å²) >= 11 is 0. The van der Waals surface area contributed by atoms with Crippen LogP contribution in [0.3, 0.4) is 0 Å². The topological polar surface area (TPSA) is 81.4 Å². The largest absolute Gasteiger partial charge is 0.381 e. The van der Waals surface area contributed by atoms with Gasteiger partial charge in [-0.2, -0.15) is 4.98 Å². The number of ether oxygens (including phenoxy) is 1. The van der Waals surface area contributed by atoms with Crippen molar-refractivity contribution < 1.29 is 14.1 Å². The minimum absolute atomic E-state index is 0.151. The lowest BCUT2D eigenvalue weighted by atomic mass is 9.91. The molecular weight excluding hydrogens is 344 g/mol. The first-order valence-corrected chi connectivity index (χ1v) is 9.89. The first-order valence-electron chi connectivity index (χ1n) is 9.89. The first kappa shape index (κ1) is 18.1. The molecule has 0 spiro atoms. The predicted molar refractivity (Wildman–Crippen MR) is 98.7 cm³/mol. The minimum Gasteiger partial charge on any atom is -0.381 e. The van der Waals surface area contributed by atoms with E-state index in [1.165, 1.54) is 0 Å². The second-order valence-corrected chi connectivity index (χ2v) is 7.47. The van der Waals surface area contributed by atoms with Crippen molar-refractivity contribution in [2.24, 2.45) is 11.8 Å². The van der Waals surface area contributed by atoms with Crippen molar-refractivity contribution in [3.05, 3.63) is 30.4 Å². The minimum atomic E-state index is 0.151. The smallest absolute Gasteiger partial charge is 0.258 e. The zero-order chi connectivity index (χ0) is 18.5. The Kier molecular flexibility index (Phi) is 5.77. The van der Waals surface area contributed by atoms with Crippen molar-refractivity contribution in [3.8, 4) is 11.5 Å². The molecule has 1 atom stereocenters. The van der Waals surface area contributed by atoms with Gasteiger partial charge in [-0.25, -0.2) is 0 Å². The SMILES string of the molecule is O=C(C1CCOCC1)N1CCCC(CCc2noc(-c3ccncc3)n2)C1. The van der Waals surface area contributed by atoms with E-state index >= 15 is 0 Å². The summed E-state index contributed by atoms with van der Waals surface area (Å²) in [6.07, 6.45) is 9.14. The zero-order valence-corrected chi connectivity index (χ0v) is 15.5. The molecule has 0 saturated carbocycles. The lowest BCUT2D eigenvalue weighted by Gasteiger charge is -2.35. The van der Waals surface area contributed by atoms with Gasteiger partial charge in [0.15, 0.2) is 5.82 Å². The lowest BCUT2D eigenvalue weighted by molar-refractivity contribution is -0.140. The summed E-state index contributed by atoms with van der Waals surface area (Å²) in [5, 5.41) is 4.10. The third kappa shape index (κ3) is 4.53. The van der Waals surface area contributed by atoms with Gasteiger partial charge in [0.25, 0.3) is 5.89 Å². The van der Waals surface area contributed by atoms with Gasteiger partial charge in [-0.1, -0.05) is 5.16 Å². The van der Waals surface area contributed by atoms with Crippen LogP contribution in [0.15, 0.2) is 29.0 Å². The maximum Gasteiger partial charge on any atom is 0.258 e. The lowest BCUT2D eigenvalue weighted by Crippen LogP contribution is -2.44. The molecule has 2 aliphatic rings. The number of likely N-dealkylation sites (tertiary alicyclic amines) is 1. The van der Waals surface area contributed by atoms with E-state index < -0.39 is 0 Å². The first-order chi connectivity index (χ1) is 13.3. The van der Waals surface area contributed by atoms with Gasteiger partial charge in [0.2, 0.25) is 5.91 Å². The fourth-order valence-electron chi connectivity index (χ4n) is 4.00. The van der Waals surface area contributed by atoms with Gasteiger partial charge in [-0.05, 0) is 50.2 Å². The number of carbonyl (C=O) groups is 1. The van der Waals surface area contributed by atoms with Crippen LogP contribution in [-0.2, 0) is 16.0 Å². The Morgan fingerprint density at radius 1 is 1.19 bits per heavy atom. The second kappa shape index (κ2) is 8.61. The van der Waals surface area contributed by atoms with Gasteiger partial charge in [-0.3, -0.25) is 9.78 Å². The van der Waals surface area contributed by atoms with Crippen molar-refractivity contribution in [1.29, 1.82) is 0 Å². The van der Waals surface area contributed by atoms with Crippen LogP contribution in [0.2, 0.25) is 0 Å². The molecule has 2 fully saturated rings. The summed E-state index contributed by atoms with van der Waals surface area (Å²) in [7, 11) is 0. The van der Waals surface area contributed by atoms with Crippen LogP contribution in [0, 0.1) is 11.8 Å². The number of pyridine rings is 1. The molecule has 2 aromatic rings. The summed E-state index contributed by atoms with van der Waals surface area (Å²) in [5.41, 5.74) is 0.884. The van der Waals surface area contributed by atoms with Crippen LogP contribution in [-0.4, -0.2) is 52.2 Å². The van der Waals surface area contributed by atoms with Crippen molar-refractivity contribution in [2.75, 3.05) is 26.3 Å². The molecule has 2 saturated heterocycles. The maximum atomic E-state index is 12.8. The molecule has 0 bridgehead atoms. The third-order valence-corrected chi connectivity index (χ3v) is 5.57. The Bertz CT molecular complexity index is 743. The Labute approximate surface area is 159 Å². The Hall–Kier alpha value is -2.28. The standard InChI is InChI=1S/C20H26N4O3/c25-20(17-7-12-26-13-8-17)24-11-1-2-15(14-24)3-4-18-22-19(27-23-18)16-5-9-21-10-6-16/h5-6,9-10,15,17H,1-4,7-8,11-14H2. The highest BCUT2D eigenvalue weighted by Crippen LogP contribution is 2.25. The van der Waals surface area contributed by atoms with Gasteiger partial charge in [0.1, 0.15) is 0 Å². The van der Waals surface area contributed by atoms with E-state index in [0.29, 0.717) is 30.9 Å². The normalized spacial score (nSPS) is 21.3. The van der Waals surface area contributed by atoms with Crippen LogP contribution in [0.5, 0.6) is 0 Å². The molecule has 4 heterocycles. The zero-order valence-electron chi connectivity index (χ0n) is 15.5. The van der Waals surface area contributed by atoms with Crippen molar-refractivity contribution in [2.45, 2.75) is 38.5 Å². The summed E-state index contributed by atoms with van der Waals surface area (Å²) in [5.74, 6) is 2.24. The molecule has 1 amide bonds. The van der Waals surface area contributed by atoms with E-state index in [1.54, 1.807) is 12.4 Å². The van der Waals surface area contributed by atoms with Crippen molar-refractivity contribution in [3.63, 3.8) is 0 Å². The average molecular weight is 370 g/mol. The van der Waals surface area contributed by atoms with Gasteiger partial charge in [-0.15, -0.1) is 0 Å². The van der Waals surface area contributed by atoms with E-state index in [0.717, 1.165) is 63.0 Å². The number of nitrogens with zero attached hydrogens (tertiary/aromatic N) is 4. The average Bonchev–Trinajstić information content (AvgIpc) is 3.22. The van der Waals surface area contributed by atoms with Crippen LogP contribution in [0.1, 0.15) is 37.9 Å². The molecule has 2 aromatic heterocycles. The van der Waals surface area contributed by atoms with E-state index in [4.69, 9.17) is 9.26 Å². The summed E-state index contributed by atoms with van der Waals surface area (Å²) in [6, 6.07) is 3.72. The quantitative estimate of drug-likeness (QED) is 0.805. The number of hydrogen-bond acceptors (Lipinski definition) is 6. The molecule has 7 nitrogen and oxygen atoms in total. The number of amides is 1. The molecule has 0 N–H and O–H groups in total. The summed E-state index contributed by atoms with van der Waals surface area (Å²) < 4.78 is 10.7. The van der Waals surface area contributed by atoms with Crippen LogP contribution in [0.25, 0.3) is 11.5 Å². The highest BCUT2D eigenvalue weighted by Gasteiger charge is 2.30. The second-order valence-electron chi connectivity index (χ2n) is 7.47. The molecule has 4 rings (SSSR count). The Morgan fingerprint density at radius 2 is 2.00 bits per heavy atom. The molecule has 144 valence electrons. The Morgan fingerprint density at radius 3 is 2.81 bits per heavy atom. The van der Waals surface area contributed by atoms with E-state index in [1.807, 2.05) is 12.1 Å². The fraction of sp³-hybridized carbons (Fsp3) is 0.600. The van der Waals surface area contributed by atoms with Crippen LogP contribution >= 0.6 is 0 Å². The van der Waals surface area contributed by atoms with Crippen LogP contribution in [0.4, 0.5) is 0 Å². The number of aromatic nitrogens is 3. The molecule has 0 aliphatic carbocycles. The third-order valence-electron chi connectivity index (χ3n) is 5.57. The predicted octanol–water partition coefficient (Wildman–Crippen LogP) is 2.73. The van der Waals surface area contributed by atoms with E-state index in [9.17, 15) is 4.79 Å². The molecule has 0 aromatic carbocycles. The Balaban J connectivity index is 1.29. The number of aryl methyl sites for hydroxylation is 1. The monoisotopic (exact) mass is 370 g/mol. The maximum absolute atomic E-state index is 12.8. The summed E-state index contributed by atoms with van der Waals surface area (Å²) in [4.78, 5) is 23.3. The highest BCUT2D eigenvalue weighted by molar-refractivity contribution is 5.79. The molecule has 2 aliphatic heterocycles. The van der Waals surface area contributed by atoms with E-state index in [2.05, 4.69) is 20.0 Å². The molecule has 7 heteroatoms. The van der Waals surface area contributed by atoms with Gasteiger partial charge in [0.05, 0.1) is 0 Å². The molecule has 1 unspecified atom stereocenters. The van der Waals surface area contributed by atoms with E-state index in [-0.39, 0.29) is 5.92 Å². The van der Waals surface area contributed by atoms with Crippen molar-refractivity contribution in [1.82, 2.24) is 20.0 Å². The molecular formula is C20H26N4O3. The van der Waals surface area contributed by atoms with Crippen LogP contribution < -0.4 is 0 Å².